The van der Waals surface area contributed by atoms with Gasteiger partial charge in [0.15, 0.2) is 5.96 Å². The van der Waals surface area contributed by atoms with Crippen LogP contribution >= 0.6 is 11.3 Å². The van der Waals surface area contributed by atoms with Crippen molar-refractivity contribution in [1.29, 1.82) is 0 Å². The molecule has 1 amide bonds. The van der Waals surface area contributed by atoms with E-state index in [0.717, 1.165) is 48.2 Å². The summed E-state index contributed by atoms with van der Waals surface area (Å²) in [5, 5.41) is 9.89. The van der Waals surface area contributed by atoms with Crippen molar-refractivity contribution in [3.63, 3.8) is 0 Å². The van der Waals surface area contributed by atoms with Crippen LogP contribution in [0.15, 0.2) is 40.7 Å². The molecule has 1 aromatic carbocycles. The number of thiazole rings is 1. The molecule has 7 heteroatoms. The molecule has 0 saturated carbocycles. The fraction of sp³-hybridized carbons (Fsp3) is 0.421. The van der Waals surface area contributed by atoms with Gasteiger partial charge in [0.05, 0.1) is 12.2 Å². The van der Waals surface area contributed by atoms with Crippen LogP contribution < -0.4 is 10.6 Å². The Balaban J connectivity index is 1.49. The summed E-state index contributed by atoms with van der Waals surface area (Å²) in [5.41, 5.74) is 2.15. The molecule has 0 spiro atoms. The van der Waals surface area contributed by atoms with E-state index in [1.165, 1.54) is 0 Å². The molecule has 1 aliphatic heterocycles. The number of benzene rings is 1. The highest BCUT2D eigenvalue weighted by Crippen LogP contribution is 2.23. The zero-order valence-corrected chi connectivity index (χ0v) is 16.1. The summed E-state index contributed by atoms with van der Waals surface area (Å²) in [6.45, 7) is 3.87. The average Bonchev–Trinajstić information content (AvgIpc) is 3.15. The van der Waals surface area contributed by atoms with Crippen molar-refractivity contribution in [3.8, 4) is 10.6 Å². The summed E-state index contributed by atoms with van der Waals surface area (Å²) in [7, 11) is 1.77. The normalized spacial score (nSPS) is 15.8. The van der Waals surface area contributed by atoms with Gasteiger partial charge in [0.1, 0.15) is 5.01 Å². The molecule has 138 valence electrons. The second kappa shape index (κ2) is 8.80. The van der Waals surface area contributed by atoms with Crippen molar-refractivity contribution >= 4 is 23.2 Å². The summed E-state index contributed by atoms with van der Waals surface area (Å²) in [6.07, 6.45) is 1.88. The van der Waals surface area contributed by atoms with Gasteiger partial charge in [0, 0.05) is 44.0 Å². The van der Waals surface area contributed by atoms with E-state index in [-0.39, 0.29) is 5.91 Å². The lowest BCUT2D eigenvalue weighted by atomic mass is 10.1. The van der Waals surface area contributed by atoms with E-state index in [1.54, 1.807) is 25.3 Å². The Hall–Kier alpha value is -2.41. The van der Waals surface area contributed by atoms with E-state index in [4.69, 9.17) is 4.98 Å². The molecular weight excluding hydrogens is 346 g/mol. The maximum Gasteiger partial charge on any atom is 0.219 e. The van der Waals surface area contributed by atoms with Gasteiger partial charge in [-0.25, -0.2) is 4.98 Å². The molecule has 0 bridgehead atoms. The number of hydrogen-bond acceptors (Lipinski definition) is 4. The first-order valence-corrected chi connectivity index (χ1v) is 9.76. The molecule has 26 heavy (non-hydrogen) atoms. The smallest absolute Gasteiger partial charge is 0.219 e. The fourth-order valence-corrected chi connectivity index (χ4v) is 3.83. The first-order valence-electron chi connectivity index (χ1n) is 8.88. The highest BCUT2D eigenvalue weighted by atomic mass is 32.1. The summed E-state index contributed by atoms with van der Waals surface area (Å²) in [5.74, 6) is 0.934. The van der Waals surface area contributed by atoms with Crippen molar-refractivity contribution < 1.29 is 4.79 Å². The van der Waals surface area contributed by atoms with Crippen LogP contribution in [0.3, 0.4) is 0 Å². The Kier molecular flexibility index (Phi) is 6.22. The summed E-state index contributed by atoms with van der Waals surface area (Å²) in [6, 6.07) is 10.5. The number of rotatable bonds is 4. The number of nitrogens with zero attached hydrogens (tertiary/aromatic N) is 3. The number of amides is 1. The van der Waals surface area contributed by atoms with Crippen molar-refractivity contribution in [2.24, 2.45) is 4.99 Å². The number of hydrogen-bond donors (Lipinski definition) is 2. The molecule has 2 N–H and O–H groups in total. The number of likely N-dealkylation sites (tertiary alicyclic amines) is 1. The summed E-state index contributed by atoms with van der Waals surface area (Å²) >= 11 is 1.65. The molecule has 0 atom stereocenters. The monoisotopic (exact) mass is 371 g/mol. The summed E-state index contributed by atoms with van der Waals surface area (Å²) < 4.78 is 0. The largest absolute Gasteiger partial charge is 0.354 e. The third-order valence-electron chi connectivity index (χ3n) is 4.51. The Morgan fingerprint density at radius 3 is 2.69 bits per heavy atom. The van der Waals surface area contributed by atoms with Gasteiger partial charge < -0.3 is 15.5 Å². The molecule has 0 radical (unpaired) electrons. The number of carbonyl (C=O) groups excluding carboxylic acids is 1. The third-order valence-corrected chi connectivity index (χ3v) is 5.45. The predicted octanol–water partition coefficient (Wildman–Crippen LogP) is 2.49. The van der Waals surface area contributed by atoms with Crippen molar-refractivity contribution in [1.82, 2.24) is 20.5 Å². The van der Waals surface area contributed by atoms with E-state index < -0.39 is 0 Å². The number of nitrogens with one attached hydrogen (secondary N) is 2. The van der Waals surface area contributed by atoms with Gasteiger partial charge in [-0.05, 0) is 12.8 Å². The van der Waals surface area contributed by atoms with Gasteiger partial charge in [-0.1, -0.05) is 30.3 Å². The first kappa shape index (κ1) is 18.4. The zero-order chi connectivity index (χ0) is 18.4. The maximum absolute atomic E-state index is 11.4. The second-order valence-electron chi connectivity index (χ2n) is 6.36. The Labute approximate surface area is 158 Å². The highest BCUT2D eigenvalue weighted by Gasteiger charge is 2.21. The highest BCUT2D eigenvalue weighted by molar-refractivity contribution is 7.13. The van der Waals surface area contributed by atoms with E-state index in [0.29, 0.717) is 12.6 Å². The molecule has 2 heterocycles. The molecule has 1 saturated heterocycles. The second-order valence-corrected chi connectivity index (χ2v) is 7.22. The molecule has 1 aliphatic rings. The summed E-state index contributed by atoms with van der Waals surface area (Å²) in [4.78, 5) is 22.3. The van der Waals surface area contributed by atoms with Crippen LogP contribution in [0.1, 0.15) is 25.5 Å². The van der Waals surface area contributed by atoms with Crippen LogP contribution in [0.4, 0.5) is 0 Å². The SMILES string of the molecule is CN=C(NCc1csc(-c2ccccc2)n1)NC1CCN(C(C)=O)CC1. The minimum absolute atomic E-state index is 0.156. The molecule has 1 aromatic heterocycles. The molecular formula is C19H25N5OS. The minimum atomic E-state index is 0.156. The lowest BCUT2D eigenvalue weighted by Gasteiger charge is -2.32. The fourth-order valence-electron chi connectivity index (χ4n) is 3.00. The van der Waals surface area contributed by atoms with Gasteiger partial charge >= 0.3 is 0 Å². The molecule has 0 aliphatic carbocycles. The number of carbonyl (C=O) groups is 1. The Morgan fingerprint density at radius 1 is 1.31 bits per heavy atom. The van der Waals surface area contributed by atoms with Crippen molar-refractivity contribution in [2.45, 2.75) is 32.4 Å². The predicted molar refractivity (Wildman–Crippen MR) is 106 cm³/mol. The average molecular weight is 372 g/mol. The Bertz CT molecular complexity index is 750. The van der Waals surface area contributed by atoms with Gasteiger partial charge in [-0.2, -0.15) is 0 Å². The van der Waals surface area contributed by atoms with Gasteiger partial charge in [-0.3, -0.25) is 9.79 Å². The van der Waals surface area contributed by atoms with Gasteiger partial charge in [0.2, 0.25) is 5.91 Å². The van der Waals surface area contributed by atoms with Crippen LogP contribution in [0.2, 0.25) is 0 Å². The molecule has 1 fully saturated rings. The van der Waals surface area contributed by atoms with Crippen LogP contribution in [0, 0.1) is 0 Å². The van der Waals surface area contributed by atoms with Crippen molar-refractivity contribution in [3.05, 3.63) is 41.4 Å². The van der Waals surface area contributed by atoms with Crippen LogP contribution in [0.5, 0.6) is 0 Å². The minimum Gasteiger partial charge on any atom is -0.354 e. The lowest BCUT2D eigenvalue weighted by Crippen LogP contribution is -2.49. The van der Waals surface area contributed by atoms with Crippen LogP contribution in [0.25, 0.3) is 10.6 Å². The topological polar surface area (TPSA) is 69.6 Å². The zero-order valence-electron chi connectivity index (χ0n) is 15.2. The van der Waals surface area contributed by atoms with E-state index in [1.807, 2.05) is 23.1 Å². The third kappa shape index (κ3) is 4.82. The number of aliphatic imine (C=N–C) groups is 1. The van der Waals surface area contributed by atoms with Crippen molar-refractivity contribution in [2.75, 3.05) is 20.1 Å². The maximum atomic E-state index is 11.4. The first-order chi connectivity index (χ1) is 12.7. The Morgan fingerprint density at radius 2 is 2.04 bits per heavy atom. The van der Waals surface area contributed by atoms with E-state index >= 15 is 0 Å². The number of aromatic nitrogens is 1. The van der Waals surface area contributed by atoms with Gasteiger partial charge in [0.25, 0.3) is 0 Å². The van der Waals surface area contributed by atoms with Crippen LogP contribution in [-0.4, -0.2) is 47.9 Å². The van der Waals surface area contributed by atoms with E-state index in [2.05, 4.69) is 33.1 Å². The standard InChI is InChI=1S/C19H25N5OS/c1-14(25)24-10-8-16(9-11-24)23-19(20-2)21-12-17-13-26-18(22-17)15-6-4-3-5-7-15/h3-7,13,16H,8-12H2,1-2H3,(H2,20,21,23). The molecule has 6 nitrogen and oxygen atoms in total. The van der Waals surface area contributed by atoms with Gasteiger partial charge in [-0.15, -0.1) is 11.3 Å². The quantitative estimate of drug-likeness (QED) is 0.640. The molecule has 0 unspecified atom stereocenters. The molecule has 2 aromatic rings. The lowest BCUT2D eigenvalue weighted by molar-refractivity contribution is -0.129. The van der Waals surface area contributed by atoms with E-state index in [9.17, 15) is 4.79 Å². The number of guanidine groups is 1. The molecule has 3 rings (SSSR count). The number of piperidine rings is 1. The van der Waals surface area contributed by atoms with Crippen LogP contribution in [-0.2, 0) is 11.3 Å².